The quantitative estimate of drug-likeness (QED) is 0.766. The van der Waals surface area contributed by atoms with Crippen molar-refractivity contribution in [2.75, 3.05) is 25.5 Å². The SMILES string of the molecule is COc1ccccc1CCNC(=O)CNc1c(C)cccc1C(C)C. The van der Waals surface area contributed by atoms with Gasteiger partial charge in [0.1, 0.15) is 5.75 Å². The average Bonchev–Trinajstić information content (AvgIpc) is 2.60. The predicted molar refractivity (Wildman–Crippen MR) is 103 cm³/mol. The molecule has 0 aliphatic carbocycles. The molecule has 0 aliphatic heterocycles. The van der Waals surface area contributed by atoms with E-state index < -0.39 is 0 Å². The van der Waals surface area contributed by atoms with Crippen molar-refractivity contribution in [1.29, 1.82) is 0 Å². The van der Waals surface area contributed by atoms with E-state index in [1.807, 2.05) is 24.3 Å². The number of rotatable bonds is 8. The van der Waals surface area contributed by atoms with Gasteiger partial charge in [0.15, 0.2) is 0 Å². The monoisotopic (exact) mass is 340 g/mol. The largest absolute Gasteiger partial charge is 0.496 e. The molecule has 0 saturated heterocycles. The molecule has 4 nitrogen and oxygen atoms in total. The fourth-order valence-corrected chi connectivity index (χ4v) is 2.89. The molecule has 1 amide bonds. The van der Waals surface area contributed by atoms with Gasteiger partial charge in [-0.1, -0.05) is 50.2 Å². The number of anilines is 1. The topological polar surface area (TPSA) is 50.4 Å². The van der Waals surface area contributed by atoms with Crippen LogP contribution in [0, 0.1) is 6.92 Å². The summed E-state index contributed by atoms with van der Waals surface area (Å²) in [5.74, 6) is 1.26. The van der Waals surface area contributed by atoms with Crippen LogP contribution in [-0.2, 0) is 11.2 Å². The van der Waals surface area contributed by atoms with Crippen molar-refractivity contribution in [3.05, 3.63) is 59.2 Å². The van der Waals surface area contributed by atoms with E-state index in [9.17, 15) is 4.79 Å². The van der Waals surface area contributed by atoms with Gasteiger partial charge in [-0.05, 0) is 42.0 Å². The number of carbonyl (C=O) groups is 1. The Kier molecular flexibility index (Phi) is 6.87. The van der Waals surface area contributed by atoms with Gasteiger partial charge in [-0.2, -0.15) is 0 Å². The molecule has 0 fully saturated rings. The lowest BCUT2D eigenvalue weighted by molar-refractivity contribution is -0.119. The predicted octanol–water partition coefficient (Wildman–Crippen LogP) is 3.90. The van der Waals surface area contributed by atoms with Gasteiger partial charge in [0.05, 0.1) is 13.7 Å². The number of methoxy groups -OCH3 is 1. The normalized spacial score (nSPS) is 10.6. The maximum atomic E-state index is 12.1. The lowest BCUT2D eigenvalue weighted by Crippen LogP contribution is -2.31. The van der Waals surface area contributed by atoms with E-state index in [0.717, 1.165) is 29.0 Å². The van der Waals surface area contributed by atoms with Crippen LogP contribution in [-0.4, -0.2) is 26.1 Å². The van der Waals surface area contributed by atoms with Crippen LogP contribution in [0.15, 0.2) is 42.5 Å². The number of benzene rings is 2. The molecular weight excluding hydrogens is 312 g/mol. The molecule has 0 aliphatic rings. The Morgan fingerprint density at radius 2 is 1.88 bits per heavy atom. The zero-order chi connectivity index (χ0) is 18.2. The number of amides is 1. The van der Waals surface area contributed by atoms with Crippen molar-refractivity contribution in [3.63, 3.8) is 0 Å². The number of ether oxygens (including phenoxy) is 1. The minimum absolute atomic E-state index is 0.00661. The molecule has 0 saturated carbocycles. The molecular formula is C21H28N2O2. The molecule has 2 aromatic carbocycles. The maximum absolute atomic E-state index is 12.1. The van der Waals surface area contributed by atoms with Crippen molar-refractivity contribution < 1.29 is 9.53 Å². The molecule has 2 rings (SSSR count). The van der Waals surface area contributed by atoms with Crippen molar-refractivity contribution >= 4 is 11.6 Å². The van der Waals surface area contributed by atoms with Crippen LogP contribution in [0.2, 0.25) is 0 Å². The molecule has 134 valence electrons. The van der Waals surface area contributed by atoms with Crippen LogP contribution >= 0.6 is 0 Å². The fourth-order valence-electron chi connectivity index (χ4n) is 2.89. The summed E-state index contributed by atoms with van der Waals surface area (Å²) in [5, 5.41) is 6.26. The third-order valence-corrected chi connectivity index (χ3v) is 4.26. The second-order valence-electron chi connectivity index (χ2n) is 6.46. The lowest BCUT2D eigenvalue weighted by atomic mass is 9.98. The summed E-state index contributed by atoms with van der Waals surface area (Å²) in [6.45, 7) is 7.25. The Labute approximate surface area is 150 Å². The van der Waals surface area contributed by atoms with E-state index in [4.69, 9.17) is 4.74 Å². The Hall–Kier alpha value is -2.49. The van der Waals surface area contributed by atoms with Gasteiger partial charge in [0, 0.05) is 12.2 Å². The molecule has 2 N–H and O–H groups in total. The van der Waals surface area contributed by atoms with E-state index in [2.05, 4.69) is 49.6 Å². The van der Waals surface area contributed by atoms with Gasteiger partial charge in [0.2, 0.25) is 5.91 Å². The van der Waals surface area contributed by atoms with Crippen molar-refractivity contribution in [2.24, 2.45) is 0 Å². The standard InChI is InChI=1S/C21H28N2O2/c1-15(2)18-10-7-8-16(3)21(18)23-14-20(24)22-13-12-17-9-5-6-11-19(17)25-4/h5-11,15,23H,12-14H2,1-4H3,(H,22,24). The molecule has 2 aromatic rings. The first kappa shape index (κ1) is 18.8. The third kappa shape index (κ3) is 5.24. The van der Waals surface area contributed by atoms with Gasteiger partial charge in [-0.3, -0.25) is 4.79 Å². The van der Waals surface area contributed by atoms with Gasteiger partial charge in [-0.25, -0.2) is 0 Å². The molecule has 0 bridgehead atoms. The molecule has 4 heteroatoms. The minimum atomic E-state index is -0.00661. The van der Waals surface area contributed by atoms with Gasteiger partial charge >= 0.3 is 0 Å². The Balaban J connectivity index is 1.86. The zero-order valence-corrected chi connectivity index (χ0v) is 15.6. The van der Waals surface area contributed by atoms with Crippen LogP contribution in [0.3, 0.4) is 0 Å². The van der Waals surface area contributed by atoms with E-state index >= 15 is 0 Å². The Bertz CT molecular complexity index is 711. The smallest absolute Gasteiger partial charge is 0.239 e. The van der Waals surface area contributed by atoms with Gasteiger partial charge in [-0.15, -0.1) is 0 Å². The molecule has 0 radical (unpaired) electrons. The molecule has 0 unspecified atom stereocenters. The number of hydrogen-bond donors (Lipinski definition) is 2. The first-order chi connectivity index (χ1) is 12.0. The molecule has 0 heterocycles. The van der Waals surface area contributed by atoms with Gasteiger partial charge in [0.25, 0.3) is 0 Å². The van der Waals surface area contributed by atoms with Crippen LogP contribution < -0.4 is 15.4 Å². The van der Waals surface area contributed by atoms with Crippen molar-refractivity contribution in [3.8, 4) is 5.75 Å². The minimum Gasteiger partial charge on any atom is -0.496 e. The highest BCUT2D eigenvalue weighted by atomic mass is 16.5. The Morgan fingerprint density at radius 3 is 2.60 bits per heavy atom. The van der Waals surface area contributed by atoms with Crippen LogP contribution in [0.1, 0.15) is 36.5 Å². The number of nitrogens with one attached hydrogen (secondary N) is 2. The first-order valence-corrected chi connectivity index (χ1v) is 8.75. The highest BCUT2D eigenvalue weighted by Gasteiger charge is 2.10. The summed E-state index contributed by atoms with van der Waals surface area (Å²) < 4.78 is 5.33. The average molecular weight is 340 g/mol. The summed E-state index contributed by atoms with van der Waals surface area (Å²) in [7, 11) is 1.66. The van der Waals surface area contributed by atoms with Crippen LogP contribution in [0.4, 0.5) is 5.69 Å². The summed E-state index contributed by atoms with van der Waals surface area (Å²) in [5.41, 5.74) is 4.56. The summed E-state index contributed by atoms with van der Waals surface area (Å²) in [6.07, 6.45) is 0.747. The van der Waals surface area contributed by atoms with E-state index in [0.29, 0.717) is 12.5 Å². The van der Waals surface area contributed by atoms with Crippen LogP contribution in [0.5, 0.6) is 5.75 Å². The Morgan fingerprint density at radius 1 is 1.12 bits per heavy atom. The van der Waals surface area contributed by atoms with Crippen molar-refractivity contribution in [2.45, 2.75) is 33.1 Å². The summed E-state index contributed by atoms with van der Waals surface area (Å²) in [4.78, 5) is 12.1. The fraction of sp³-hybridized carbons (Fsp3) is 0.381. The van der Waals surface area contributed by atoms with E-state index in [1.165, 1.54) is 5.56 Å². The zero-order valence-electron chi connectivity index (χ0n) is 15.6. The number of para-hydroxylation sites is 2. The van der Waals surface area contributed by atoms with Crippen molar-refractivity contribution in [1.82, 2.24) is 5.32 Å². The molecule has 25 heavy (non-hydrogen) atoms. The number of hydrogen-bond acceptors (Lipinski definition) is 3. The number of aryl methyl sites for hydroxylation is 1. The summed E-state index contributed by atoms with van der Waals surface area (Å²) in [6, 6.07) is 14.1. The molecule has 0 atom stereocenters. The third-order valence-electron chi connectivity index (χ3n) is 4.26. The van der Waals surface area contributed by atoms with Gasteiger partial charge < -0.3 is 15.4 Å². The highest BCUT2D eigenvalue weighted by molar-refractivity contribution is 5.81. The van der Waals surface area contributed by atoms with E-state index in [1.54, 1.807) is 7.11 Å². The van der Waals surface area contributed by atoms with E-state index in [-0.39, 0.29) is 12.5 Å². The summed E-state index contributed by atoms with van der Waals surface area (Å²) >= 11 is 0. The highest BCUT2D eigenvalue weighted by Crippen LogP contribution is 2.27. The number of carbonyl (C=O) groups excluding carboxylic acids is 1. The maximum Gasteiger partial charge on any atom is 0.239 e. The molecule has 0 aromatic heterocycles. The molecule has 0 spiro atoms. The van der Waals surface area contributed by atoms with Crippen LogP contribution in [0.25, 0.3) is 0 Å². The first-order valence-electron chi connectivity index (χ1n) is 8.75. The lowest BCUT2D eigenvalue weighted by Gasteiger charge is -2.17. The second-order valence-corrected chi connectivity index (χ2v) is 6.46. The second kappa shape index (κ2) is 9.11.